The monoisotopic (exact) mass is 750 g/mol. The molecule has 14 heteroatoms. The minimum atomic E-state index is -0.542. The molecule has 6 N–H and O–H groups in total. The lowest BCUT2D eigenvalue weighted by Crippen LogP contribution is -2.45. The molecule has 0 spiro atoms. The van der Waals surface area contributed by atoms with Crippen molar-refractivity contribution < 1.29 is 19.2 Å². The van der Waals surface area contributed by atoms with Crippen molar-refractivity contribution in [3.8, 4) is 0 Å². The van der Waals surface area contributed by atoms with Gasteiger partial charge in [0.25, 0.3) is 0 Å². The van der Waals surface area contributed by atoms with Crippen molar-refractivity contribution in [1.82, 2.24) is 31.9 Å². The molecular formula is C38H48Cl2N8O4. The standard InChI is InChI=1S/C38H46N8O4.2ClH/c47-35(43-37(49)45(31-17-5-1-6-18-31)32-19-7-2-8-20-32)41-29-15-27-39-25-13-14-26-40-28-16-30-42-36(48)44-38(50)46(33-21-9-3-10-22-33)34-23-11-4-12-24-34;;/h1-12,17-24,39-40H,13-16,25-30H2,(H2,41,43,47,49)(H2,42,44,48,50);2*1H. The number of amides is 8. The van der Waals surface area contributed by atoms with Gasteiger partial charge in [-0.25, -0.2) is 19.2 Å². The topological polar surface area (TPSA) is 147 Å². The molecule has 8 amide bonds. The van der Waals surface area contributed by atoms with Gasteiger partial charge in [0.2, 0.25) is 0 Å². The normalized spacial score (nSPS) is 10.1. The van der Waals surface area contributed by atoms with Gasteiger partial charge >= 0.3 is 24.1 Å². The predicted octanol–water partition coefficient (Wildman–Crippen LogP) is 7.08. The Morgan fingerprint density at radius 1 is 0.385 bits per heavy atom. The summed E-state index contributed by atoms with van der Waals surface area (Å²) >= 11 is 0. The molecule has 0 aliphatic rings. The zero-order valence-corrected chi connectivity index (χ0v) is 30.6. The number of nitrogens with zero attached hydrogens (tertiary/aromatic N) is 2. The highest BCUT2D eigenvalue weighted by Crippen LogP contribution is 2.26. The number of carbonyl (C=O) groups excluding carboxylic acids is 4. The van der Waals surface area contributed by atoms with Gasteiger partial charge in [-0.3, -0.25) is 20.4 Å². The second-order valence-corrected chi connectivity index (χ2v) is 11.3. The Balaban J connectivity index is 0.00000468. The summed E-state index contributed by atoms with van der Waals surface area (Å²) in [6.45, 7) is 4.06. The summed E-state index contributed by atoms with van der Waals surface area (Å²) in [7, 11) is 0. The molecule has 0 atom stereocenters. The van der Waals surface area contributed by atoms with Crippen molar-refractivity contribution in [2.24, 2.45) is 0 Å². The van der Waals surface area contributed by atoms with Gasteiger partial charge < -0.3 is 21.3 Å². The molecule has 12 nitrogen and oxygen atoms in total. The number of nitrogens with one attached hydrogen (secondary N) is 6. The van der Waals surface area contributed by atoms with E-state index in [4.69, 9.17) is 0 Å². The Morgan fingerprint density at radius 2 is 0.654 bits per heavy atom. The first-order valence-corrected chi connectivity index (χ1v) is 16.9. The van der Waals surface area contributed by atoms with Crippen LogP contribution in [-0.2, 0) is 0 Å². The first kappa shape index (κ1) is 43.0. The maximum atomic E-state index is 13.0. The molecule has 0 unspecified atom stereocenters. The van der Waals surface area contributed by atoms with Crippen LogP contribution in [0.4, 0.5) is 41.9 Å². The van der Waals surface area contributed by atoms with Gasteiger partial charge in [-0.1, -0.05) is 72.8 Å². The van der Waals surface area contributed by atoms with E-state index in [0.29, 0.717) is 35.8 Å². The van der Waals surface area contributed by atoms with Crippen LogP contribution in [-0.4, -0.2) is 63.4 Å². The Morgan fingerprint density at radius 3 is 0.942 bits per heavy atom. The molecule has 0 radical (unpaired) electrons. The third-order valence-electron chi connectivity index (χ3n) is 7.49. The highest BCUT2D eigenvalue weighted by molar-refractivity contribution is 6.07. The van der Waals surface area contributed by atoms with Crippen molar-refractivity contribution in [3.05, 3.63) is 121 Å². The number of rotatable bonds is 17. The van der Waals surface area contributed by atoms with Crippen molar-refractivity contribution >= 4 is 71.7 Å². The fourth-order valence-electron chi connectivity index (χ4n) is 5.05. The molecule has 0 aromatic heterocycles. The van der Waals surface area contributed by atoms with Crippen LogP contribution in [0.5, 0.6) is 0 Å². The Kier molecular flexibility index (Phi) is 20.6. The summed E-state index contributed by atoms with van der Waals surface area (Å²) in [5, 5.41) is 17.1. The van der Waals surface area contributed by atoms with E-state index in [1.807, 2.05) is 121 Å². The van der Waals surface area contributed by atoms with E-state index in [0.717, 1.165) is 51.9 Å². The Bertz CT molecular complexity index is 1410. The molecule has 4 aromatic rings. The Labute approximate surface area is 317 Å². The van der Waals surface area contributed by atoms with E-state index in [9.17, 15) is 19.2 Å². The number of urea groups is 4. The molecule has 4 aromatic carbocycles. The van der Waals surface area contributed by atoms with E-state index in [2.05, 4.69) is 31.9 Å². The number of hydrogen-bond acceptors (Lipinski definition) is 6. The van der Waals surface area contributed by atoms with Crippen molar-refractivity contribution in [2.75, 3.05) is 49.1 Å². The molecule has 4 rings (SSSR count). The number of carbonyl (C=O) groups is 4. The van der Waals surface area contributed by atoms with E-state index >= 15 is 0 Å². The quantitative estimate of drug-likeness (QED) is 0.0636. The van der Waals surface area contributed by atoms with Crippen LogP contribution >= 0.6 is 24.8 Å². The first-order chi connectivity index (χ1) is 24.5. The van der Waals surface area contributed by atoms with Crippen LogP contribution < -0.4 is 41.7 Å². The minimum absolute atomic E-state index is 0. The SMILES string of the molecule is Cl.Cl.O=C(NCCCNCCCCNCCCNC(=O)NC(=O)N(c1ccccc1)c1ccccc1)NC(=O)N(c1ccccc1)c1ccccc1. The highest BCUT2D eigenvalue weighted by atomic mass is 35.5. The summed E-state index contributed by atoms with van der Waals surface area (Å²) in [5.41, 5.74) is 2.63. The largest absolute Gasteiger partial charge is 0.338 e. The van der Waals surface area contributed by atoms with Crippen LogP contribution in [0.1, 0.15) is 25.7 Å². The van der Waals surface area contributed by atoms with Crippen LogP contribution in [0, 0.1) is 0 Å². The summed E-state index contributed by atoms with van der Waals surface area (Å²) in [6.07, 6.45) is 3.44. The van der Waals surface area contributed by atoms with Crippen molar-refractivity contribution in [2.45, 2.75) is 25.7 Å². The van der Waals surface area contributed by atoms with Crippen molar-refractivity contribution in [3.63, 3.8) is 0 Å². The third-order valence-corrected chi connectivity index (χ3v) is 7.49. The smallest absolute Gasteiger partial charge is 0.334 e. The average molecular weight is 752 g/mol. The van der Waals surface area contributed by atoms with Gasteiger partial charge in [-0.15, -0.1) is 24.8 Å². The summed E-state index contributed by atoms with van der Waals surface area (Å²) < 4.78 is 0. The van der Waals surface area contributed by atoms with Crippen LogP contribution in [0.3, 0.4) is 0 Å². The molecule has 0 saturated heterocycles. The lowest BCUT2D eigenvalue weighted by Gasteiger charge is -2.23. The zero-order valence-electron chi connectivity index (χ0n) is 29.0. The van der Waals surface area contributed by atoms with Gasteiger partial charge in [0.1, 0.15) is 0 Å². The number of benzene rings is 4. The summed E-state index contributed by atoms with van der Waals surface area (Å²) in [6, 6.07) is 34.5. The summed E-state index contributed by atoms with van der Waals surface area (Å²) in [4.78, 5) is 53.6. The molecule has 278 valence electrons. The second-order valence-electron chi connectivity index (χ2n) is 11.3. The molecular weight excluding hydrogens is 703 g/mol. The number of imide groups is 2. The van der Waals surface area contributed by atoms with Gasteiger partial charge in [-0.05, 0) is 100 Å². The number of halogens is 2. The number of anilines is 4. The van der Waals surface area contributed by atoms with Crippen molar-refractivity contribution in [1.29, 1.82) is 0 Å². The zero-order chi connectivity index (χ0) is 35.2. The maximum Gasteiger partial charge on any atom is 0.334 e. The molecule has 0 aliphatic heterocycles. The lowest BCUT2D eigenvalue weighted by molar-refractivity contribution is 0.229. The second kappa shape index (κ2) is 24.9. The number of para-hydroxylation sites is 4. The van der Waals surface area contributed by atoms with E-state index in [1.54, 1.807) is 0 Å². The van der Waals surface area contributed by atoms with Gasteiger partial charge in [0.15, 0.2) is 0 Å². The molecule has 0 heterocycles. The van der Waals surface area contributed by atoms with E-state index in [-0.39, 0.29) is 24.8 Å². The fourth-order valence-corrected chi connectivity index (χ4v) is 5.05. The molecule has 52 heavy (non-hydrogen) atoms. The predicted molar refractivity (Wildman–Crippen MR) is 213 cm³/mol. The average Bonchev–Trinajstić information content (AvgIpc) is 3.13. The molecule has 0 aliphatic carbocycles. The Hall–Kier alpha value is -5.14. The van der Waals surface area contributed by atoms with Gasteiger partial charge in [0, 0.05) is 13.1 Å². The van der Waals surface area contributed by atoms with Crippen LogP contribution in [0.15, 0.2) is 121 Å². The lowest BCUT2D eigenvalue weighted by atomic mass is 10.2. The summed E-state index contributed by atoms with van der Waals surface area (Å²) in [5.74, 6) is 0. The number of hydrogen-bond donors (Lipinski definition) is 6. The van der Waals surface area contributed by atoms with Gasteiger partial charge in [0.05, 0.1) is 22.7 Å². The first-order valence-electron chi connectivity index (χ1n) is 16.9. The third kappa shape index (κ3) is 15.0. The highest BCUT2D eigenvalue weighted by Gasteiger charge is 2.21. The van der Waals surface area contributed by atoms with Crippen LogP contribution in [0.25, 0.3) is 0 Å². The fraction of sp³-hybridized carbons (Fsp3) is 0.263. The van der Waals surface area contributed by atoms with E-state index in [1.165, 1.54) is 9.80 Å². The number of unbranched alkanes of at least 4 members (excludes halogenated alkanes) is 1. The van der Waals surface area contributed by atoms with Crippen LogP contribution in [0.2, 0.25) is 0 Å². The molecule has 0 bridgehead atoms. The minimum Gasteiger partial charge on any atom is -0.338 e. The maximum absolute atomic E-state index is 13.0. The molecule has 0 saturated carbocycles. The van der Waals surface area contributed by atoms with Gasteiger partial charge in [-0.2, -0.15) is 0 Å². The van der Waals surface area contributed by atoms with E-state index < -0.39 is 24.1 Å². The molecule has 0 fully saturated rings.